The van der Waals surface area contributed by atoms with Crippen LogP contribution in [0.2, 0.25) is 0 Å². The number of nitrogens with one attached hydrogen (secondary N) is 1. The minimum absolute atomic E-state index is 0. The van der Waals surface area contributed by atoms with E-state index in [0.717, 1.165) is 37.9 Å². The third-order valence-electron chi connectivity index (χ3n) is 3.47. The predicted molar refractivity (Wildman–Crippen MR) is 114 cm³/mol. The molecule has 1 N–H and O–H groups in total. The molecule has 0 fully saturated rings. The molecule has 3 aromatic rings. The first-order valence-electron chi connectivity index (χ1n) is 7.32. The van der Waals surface area contributed by atoms with Gasteiger partial charge in [-0.3, -0.25) is 5.43 Å². The average molecular weight is 483 g/mol. The van der Waals surface area contributed by atoms with Gasteiger partial charge in [-0.15, -0.1) is 28.3 Å². The summed E-state index contributed by atoms with van der Waals surface area (Å²) in [5.74, 6) is 0.832. The lowest BCUT2D eigenvalue weighted by atomic mass is 10.1. The maximum Gasteiger partial charge on any atom is 0.203 e. The summed E-state index contributed by atoms with van der Waals surface area (Å²) in [6.45, 7) is 1.96. The number of thiazole rings is 1. The van der Waals surface area contributed by atoms with E-state index >= 15 is 0 Å². The number of halogens is 2. The van der Waals surface area contributed by atoms with Gasteiger partial charge in [-0.2, -0.15) is 5.10 Å². The molecule has 0 spiro atoms. The van der Waals surface area contributed by atoms with Crippen molar-refractivity contribution in [1.29, 1.82) is 0 Å². The Kier molecular flexibility index (Phi) is 7.16. The van der Waals surface area contributed by atoms with E-state index < -0.39 is 0 Å². The fourth-order valence-electron chi connectivity index (χ4n) is 2.11. The van der Waals surface area contributed by atoms with Crippen molar-refractivity contribution in [3.63, 3.8) is 0 Å². The Morgan fingerprint density at radius 2 is 1.80 bits per heavy atom. The minimum atomic E-state index is 0. The highest BCUT2D eigenvalue weighted by molar-refractivity contribution is 9.10. The molecule has 130 valence electrons. The molecule has 0 unspecified atom stereocenters. The van der Waals surface area contributed by atoms with Gasteiger partial charge < -0.3 is 4.74 Å². The number of hydrazone groups is 1. The van der Waals surface area contributed by atoms with Crippen LogP contribution in [0.3, 0.4) is 0 Å². The molecule has 0 amide bonds. The Hall–Kier alpha value is -1.70. The molecule has 0 radical (unpaired) electrons. The zero-order valence-corrected chi connectivity index (χ0v) is 17.8. The second-order valence-electron chi connectivity index (χ2n) is 5.08. The number of methoxy groups -OCH3 is 1. The fourth-order valence-corrected chi connectivity index (χ4v) is 3.03. The first-order chi connectivity index (χ1) is 11.7. The summed E-state index contributed by atoms with van der Waals surface area (Å²) < 4.78 is 6.22. The quantitative estimate of drug-likeness (QED) is 0.358. The van der Waals surface area contributed by atoms with Gasteiger partial charge in [-0.05, 0) is 48.9 Å². The first kappa shape index (κ1) is 19.6. The summed E-state index contributed by atoms with van der Waals surface area (Å²) in [6, 6.07) is 15.9. The average Bonchev–Trinajstić information content (AvgIpc) is 3.09. The molecule has 25 heavy (non-hydrogen) atoms. The van der Waals surface area contributed by atoms with Gasteiger partial charge >= 0.3 is 0 Å². The number of nitrogens with zero attached hydrogens (tertiary/aromatic N) is 2. The molecule has 3 rings (SSSR count). The van der Waals surface area contributed by atoms with E-state index in [0.29, 0.717) is 0 Å². The molecular formula is C18H17Br2N3OS. The molecule has 4 nitrogen and oxygen atoms in total. The smallest absolute Gasteiger partial charge is 0.203 e. The highest BCUT2D eigenvalue weighted by atomic mass is 79.9. The number of rotatable bonds is 5. The van der Waals surface area contributed by atoms with E-state index in [4.69, 9.17) is 4.74 Å². The van der Waals surface area contributed by atoms with Crippen LogP contribution in [-0.4, -0.2) is 17.8 Å². The predicted octanol–water partition coefficient (Wildman–Crippen LogP) is 6.00. The highest BCUT2D eigenvalue weighted by Gasteiger charge is 2.04. The maximum atomic E-state index is 5.16. The molecule has 0 aliphatic rings. The van der Waals surface area contributed by atoms with Crippen molar-refractivity contribution in [3.05, 3.63) is 63.9 Å². The lowest BCUT2D eigenvalue weighted by Crippen LogP contribution is -1.99. The van der Waals surface area contributed by atoms with E-state index in [-0.39, 0.29) is 17.0 Å². The van der Waals surface area contributed by atoms with Crippen molar-refractivity contribution in [2.45, 2.75) is 6.92 Å². The van der Waals surface area contributed by atoms with Gasteiger partial charge in [0.15, 0.2) is 0 Å². The summed E-state index contributed by atoms with van der Waals surface area (Å²) in [5, 5.41) is 7.19. The Morgan fingerprint density at radius 1 is 1.12 bits per heavy atom. The normalized spacial score (nSPS) is 10.9. The summed E-state index contributed by atoms with van der Waals surface area (Å²) in [4.78, 5) is 4.57. The maximum absolute atomic E-state index is 5.16. The Balaban J connectivity index is 0.00000225. The van der Waals surface area contributed by atoms with Crippen LogP contribution in [0.5, 0.6) is 5.75 Å². The van der Waals surface area contributed by atoms with Crippen molar-refractivity contribution in [3.8, 4) is 17.0 Å². The molecule has 0 bridgehead atoms. The van der Waals surface area contributed by atoms with E-state index in [1.807, 2.05) is 60.8 Å². The topological polar surface area (TPSA) is 46.5 Å². The molecule has 1 heterocycles. The third-order valence-corrected chi connectivity index (χ3v) is 4.75. The molecular weight excluding hydrogens is 466 g/mol. The minimum Gasteiger partial charge on any atom is -0.497 e. The molecule has 0 saturated carbocycles. The Bertz CT molecular complexity index is 846. The summed E-state index contributed by atoms with van der Waals surface area (Å²) in [5.41, 5.74) is 6.97. The standard InChI is InChI=1S/C18H16BrN3OS.BrH/c1-12(13-5-9-16(23-2)10-6-13)21-22-18-20-17(11-24-18)14-3-7-15(19)8-4-14;/h3-11H,1-2H3,(H,20,22);1H. The lowest BCUT2D eigenvalue weighted by Gasteiger charge is -2.03. The van der Waals surface area contributed by atoms with Crippen LogP contribution in [0, 0.1) is 0 Å². The highest BCUT2D eigenvalue weighted by Crippen LogP contribution is 2.26. The van der Waals surface area contributed by atoms with Gasteiger partial charge in [0.05, 0.1) is 18.5 Å². The van der Waals surface area contributed by atoms with Crippen LogP contribution >= 0.6 is 44.2 Å². The van der Waals surface area contributed by atoms with Crippen molar-refractivity contribution >= 4 is 55.1 Å². The van der Waals surface area contributed by atoms with Gasteiger partial charge in [-0.1, -0.05) is 28.1 Å². The molecule has 7 heteroatoms. The lowest BCUT2D eigenvalue weighted by molar-refractivity contribution is 0.415. The van der Waals surface area contributed by atoms with Gasteiger partial charge in [0, 0.05) is 15.4 Å². The van der Waals surface area contributed by atoms with Crippen molar-refractivity contribution in [2.75, 3.05) is 12.5 Å². The third kappa shape index (κ3) is 5.14. The summed E-state index contributed by atoms with van der Waals surface area (Å²) in [7, 11) is 1.66. The molecule has 0 saturated heterocycles. The number of hydrogen-bond donors (Lipinski definition) is 1. The molecule has 2 aromatic carbocycles. The SMILES string of the molecule is Br.COc1ccc(C(C)=NNc2nc(-c3ccc(Br)cc3)cs2)cc1. The first-order valence-corrected chi connectivity index (χ1v) is 8.99. The zero-order chi connectivity index (χ0) is 16.9. The zero-order valence-electron chi connectivity index (χ0n) is 13.7. The van der Waals surface area contributed by atoms with Crippen LogP contribution in [0.1, 0.15) is 12.5 Å². The van der Waals surface area contributed by atoms with Crippen LogP contribution in [0.15, 0.2) is 63.5 Å². The molecule has 0 aliphatic carbocycles. The Morgan fingerprint density at radius 3 is 2.44 bits per heavy atom. The van der Waals surface area contributed by atoms with Crippen molar-refractivity contribution in [2.24, 2.45) is 5.10 Å². The van der Waals surface area contributed by atoms with Gasteiger partial charge in [0.25, 0.3) is 0 Å². The van der Waals surface area contributed by atoms with Crippen LogP contribution in [-0.2, 0) is 0 Å². The van der Waals surface area contributed by atoms with E-state index in [1.54, 1.807) is 7.11 Å². The molecule has 0 atom stereocenters. The number of hydrogen-bond acceptors (Lipinski definition) is 5. The Labute approximate surface area is 169 Å². The number of benzene rings is 2. The van der Waals surface area contributed by atoms with Gasteiger partial charge in [0.2, 0.25) is 5.13 Å². The van der Waals surface area contributed by atoms with Crippen molar-refractivity contribution < 1.29 is 4.74 Å². The number of ether oxygens (including phenoxy) is 1. The fraction of sp³-hybridized carbons (Fsp3) is 0.111. The largest absolute Gasteiger partial charge is 0.497 e. The van der Waals surface area contributed by atoms with Crippen LogP contribution in [0.4, 0.5) is 5.13 Å². The second kappa shape index (κ2) is 9.12. The second-order valence-corrected chi connectivity index (χ2v) is 6.86. The summed E-state index contributed by atoms with van der Waals surface area (Å²) >= 11 is 4.97. The van der Waals surface area contributed by atoms with Crippen LogP contribution in [0.25, 0.3) is 11.3 Å². The van der Waals surface area contributed by atoms with Crippen molar-refractivity contribution in [1.82, 2.24) is 4.98 Å². The number of aromatic nitrogens is 1. The van der Waals surface area contributed by atoms with E-state index in [9.17, 15) is 0 Å². The molecule has 1 aromatic heterocycles. The van der Waals surface area contributed by atoms with E-state index in [1.165, 1.54) is 11.3 Å². The van der Waals surface area contributed by atoms with Gasteiger partial charge in [0.1, 0.15) is 5.75 Å². The summed E-state index contributed by atoms with van der Waals surface area (Å²) in [6.07, 6.45) is 0. The number of anilines is 1. The van der Waals surface area contributed by atoms with E-state index in [2.05, 4.69) is 31.4 Å². The van der Waals surface area contributed by atoms with Gasteiger partial charge in [-0.25, -0.2) is 4.98 Å². The monoisotopic (exact) mass is 481 g/mol. The molecule has 0 aliphatic heterocycles. The van der Waals surface area contributed by atoms with Crippen LogP contribution < -0.4 is 10.2 Å².